The first-order chi connectivity index (χ1) is 14.0. The smallest absolute Gasteiger partial charge is 0.192 e. The molecule has 1 aromatic carbocycles. The summed E-state index contributed by atoms with van der Waals surface area (Å²) in [6, 6.07) is 7.27. The van der Waals surface area contributed by atoms with E-state index in [-0.39, 0.29) is 23.2 Å². The second-order valence-corrected chi connectivity index (χ2v) is 14.2. The van der Waals surface area contributed by atoms with Gasteiger partial charge in [0.15, 0.2) is 14.1 Å². The summed E-state index contributed by atoms with van der Waals surface area (Å²) in [6.07, 6.45) is 1.66. The number of ether oxygens (including phenoxy) is 1. The van der Waals surface area contributed by atoms with Gasteiger partial charge < -0.3 is 14.1 Å². The molecule has 0 atom stereocenters. The van der Waals surface area contributed by atoms with Crippen LogP contribution in [0.15, 0.2) is 30.5 Å². The van der Waals surface area contributed by atoms with Crippen LogP contribution in [0.5, 0.6) is 0 Å². The Morgan fingerprint density at radius 2 is 1.87 bits per heavy atom. The lowest BCUT2D eigenvalue weighted by Gasteiger charge is -2.36. The number of benzene rings is 1. The maximum atomic E-state index is 15.4. The lowest BCUT2D eigenvalue weighted by Crippen LogP contribution is -2.48. The number of Topliss-reactive ketones (excluding diaryl/α,β-unsaturated/α-hetero) is 1. The minimum Gasteiger partial charge on any atom is -0.412 e. The van der Waals surface area contributed by atoms with Crippen molar-refractivity contribution in [3.63, 3.8) is 0 Å². The first-order valence-corrected chi connectivity index (χ1v) is 13.1. The predicted molar refractivity (Wildman–Crippen MR) is 120 cm³/mol. The molecule has 0 N–H and O–H groups in total. The summed E-state index contributed by atoms with van der Waals surface area (Å²) in [5, 5.41) is 0.0636. The van der Waals surface area contributed by atoms with Crippen LogP contribution in [0, 0.1) is 5.82 Å². The number of nitrogens with zero attached hydrogens (tertiary/aromatic N) is 2. The number of pyridine rings is 1. The molecule has 0 saturated carbocycles. The maximum absolute atomic E-state index is 15.4. The molecular formula is C23H31FN2O3Si. The van der Waals surface area contributed by atoms with E-state index in [0.29, 0.717) is 36.4 Å². The van der Waals surface area contributed by atoms with Crippen LogP contribution < -0.4 is 4.90 Å². The zero-order chi connectivity index (χ0) is 22.1. The molecule has 0 radical (unpaired) electrons. The molecular weight excluding hydrogens is 399 g/mol. The number of carbonyl (C=O) groups excluding carboxylic acids is 1. The monoisotopic (exact) mass is 430 g/mol. The highest BCUT2D eigenvalue weighted by atomic mass is 28.4. The second-order valence-electron chi connectivity index (χ2n) is 9.36. The number of hydrogen-bond acceptors (Lipinski definition) is 5. The number of anilines is 1. The Morgan fingerprint density at radius 1 is 1.17 bits per heavy atom. The van der Waals surface area contributed by atoms with E-state index in [1.165, 1.54) is 0 Å². The molecule has 0 amide bonds. The molecule has 5 nitrogen and oxygen atoms in total. The van der Waals surface area contributed by atoms with E-state index in [1.807, 2.05) is 17.0 Å². The largest absolute Gasteiger partial charge is 0.412 e. The zero-order valence-corrected chi connectivity index (χ0v) is 19.7. The number of halogens is 1. The average Bonchev–Trinajstić information content (AvgIpc) is 2.64. The number of rotatable bonds is 7. The van der Waals surface area contributed by atoms with Gasteiger partial charge in [-0.2, -0.15) is 0 Å². The second kappa shape index (κ2) is 8.57. The lowest BCUT2D eigenvalue weighted by atomic mass is 10.0. The number of hydrogen-bond donors (Lipinski definition) is 0. The van der Waals surface area contributed by atoms with E-state index in [4.69, 9.17) is 9.16 Å². The molecule has 2 aromatic rings. The summed E-state index contributed by atoms with van der Waals surface area (Å²) < 4.78 is 26.9. The molecule has 1 aliphatic heterocycles. The van der Waals surface area contributed by atoms with Crippen molar-refractivity contribution in [1.29, 1.82) is 0 Å². The third kappa shape index (κ3) is 4.63. The number of carbonyl (C=O) groups is 1. The van der Waals surface area contributed by atoms with E-state index in [9.17, 15) is 4.79 Å². The fourth-order valence-electron chi connectivity index (χ4n) is 3.11. The van der Waals surface area contributed by atoms with Gasteiger partial charge in [-0.1, -0.05) is 39.0 Å². The molecule has 3 rings (SSSR count). The van der Waals surface area contributed by atoms with Gasteiger partial charge in [0, 0.05) is 35.6 Å². The molecule has 30 heavy (non-hydrogen) atoms. The van der Waals surface area contributed by atoms with Crippen molar-refractivity contribution in [3.8, 4) is 11.1 Å². The normalized spacial score (nSPS) is 14.8. The Bertz CT molecular complexity index is 933. The van der Waals surface area contributed by atoms with Gasteiger partial charge in [0.25, 0.3) is 0 Å². The molecule has 1 aliphatic rings. The van der Waals surface area contributed by atoms with Crippen LogP contribution in [-0.2, 0) is 27.2 Å². The fourth-order valence-corrected chi connectivity index (χ4v) is 4.06. The van der Waals surface area contributed by atoms with E-state index in [2.05, 4.69) is 38.8 Å². The molecule has 2 heterocycles. The molecule has 1 aromatic heterocycles. The van der Waals surface area contributed by atoms with E-state index >= 15 is 4.39 Å². The summed E-state index contributed by atoms with van der Waals surface area (Å²) in [5.41, 5.74) is 2.56. The van der Waals surface area contributed by atoms with Crippen molar-refractivity contribution < 1.29 is 18.3 Å². The number of methoxy groups -OCH3 is 1. The molecule has 0 spiro atoms. The van der Waals surface area contributed by atoms with E-state index in [0.717, 1.165) is 11.4 Å². The van der Waals surface area contributed by atoms with Gasteiger partial charge in [0.1, 0.15) is 11.6 Å². The maximum Gasteiger partial charge on any atom is 0.192 e. The van der Waals surface area contributed by atoms with E-state index in [1.54, 1.807) is 25.4 Å². The summed E-state index contributed by atoms with van der Waals surface area (Å²) >= 11 is 0. The van der Waals surface area contributed by atoms with Gasteiger partial charge in [-0.15, -0.1) is 0 Å². The SMILES string of the molecule is COCc1cc(-c2cccc(CO[Si](C)(C)C(C)(C)C)c2F)cnc1N1CC(=O)C1. The third-order valence-electron chi connectivity index (χ3n) is 6.06. The fraction of sp³-hybridized carbons (Fsp3) is 0.478. The van der Waals surface area contributed by atoms with Crippen LogP contribution >= 0.6 is 0 Å². The van der Waals surface area contributed by atoms with Crippen molar-refractivity contribution in [3.05, 3.63) is 47.4 Å². The third-order valence-corrected chi connectivity index (χ3v) is 10.5. The highest BCUT2D eigenvalue weighted by Crippen LogP contribution is 2.37. The summed E-state index contributed by atoms with van der Waals surface area (Å²) in [4.78, 5) is 17.8. The Morgan fingerprint density at radius 3 is 2.47 bits per heavy atom. The molecule has 1 saturated heterocycles. The predicted octanol–water partition coefficient (Wildman–Crippen LogP) is 4.95. The van der Waals surface area contributed by atoms with Crippen molar-refractivity contribution in [1.82, 2.24) is 4.98 Å². The number of ketones is 1. The quantitative estimate of drug-likeness (QED) is 0.582. The summed E-state index contributed by atoms with van der Waals surface area (Å²) in [5.74, 6) is 0.621. The van der Waals surface area contributed by atoms with Gasteiger partial charge in [0.05, 0.1) is 26.3 Å². The lowest BCUT2D eigenvalue weighted by molar-refractivity contribution is -0.119. The molecule has 0 aliphatic carbocycles. The Labute approximate surface area is 179 Å². The van der Waals surface area contributed by atoms with Crippen molar-refractivity contribution in [2.45, 2.75) is 52.1 Å². The first kappa shape index (κ1) is 22.6. The van der Waals surface area contributed by atoms with Crippen LogP contribution in [0.25, 0.3) is 11.1 Å². The van der Waals surface area contributed by atoms with Crippen LogP contribution in [0.2, 0.25) is 18.1 Å². The average molecular weight is 431 g/mol. The molecule has 162 valence electrons. The molecule has 7 heteroatoms. The first-order valence-electron chi connectivity index (χ1n) is 10.2. The molecule has 1 fully saturated rings. The van der Waals surface area contributed by atoms with Crippen molar-refractivity contribution in [2.24, 2.45) is 0 Å². The highest BCUT2D eigenvalue weighted by Gasteiger charge is 2.37. The minimum absolute atomic E-state index is 0.0636. The minimum atomic E-state index is -1.98. The zero-order valence-electron chi connectivity index (χ0n) is 18.7. The van der Waals surface area contributed by atoms with Gasteiger partial charge in [-0.25, -0.2) is 9.37 Å². The van der Waals surface area contributed by atoms with Crippen LogP contribution in [0.1, 0.15) is 31.9 Å². The Hall–Kier alpha value is -2.09. The van der Waals surface area contributed by atoms with Gasteiger partial charge in [-0.05, 0) is 24.2 Å². The van der Waals surface area contributed by atoms with Crippen molar-refractivity contribution >= 4 is 19.9 Å². The van der Waals surface area contributed by atoms with Crippen molar-refractivity contribution in [2.75, 3.05) is 25.1 Å². The Balaban J connectivity index is 1.88. The topological polar surface area (TPSA) is 51.7 Å². The van der Waals surface area contributed by atoms with Crippen LogP contribution in [0.4, 0.5) is 10.2 Å². The van der Waals surface area contributed by atoms with Crippen LogP contribution in [-0.4, -0.2) is 39.3 Å². The highest BCUT2D eigenvalue weighted by molar-refractivity contribution is 6.74. The Kier molecular flexibility index (Phi) is 6.45. The molecule has 0 bridgehead atoms. The van der Waals surface area contributed by atoms with Gasteiger partial charge in [-0.3, -0.25) is 4.79 Å². The summed E-state index contributed by atoms with van der Waals surface area (Å²) in [6.45, 7) is 12.1. The molecule has 0 unspecified atom stereocenters. The van der Waals surface area contributed by atoms with Gasteiger partial charge in [0.2, 0.25) is 0 Å². The summed E-state index contributed by atoms with van der Waals surface area (Å²) in [7, 11) is -0.371. The van der Waals surface area contributed by atoms with Gasteiger partial charge >= 0.3 is 0 Å². The standard InChI is InChI=1S/C23H31FN2O3Si/c1-23(2,3)30(5,6)29-15-16-8-7-9-20(21(16)24)17-10-18(14-28-4)22(25-11-17)26-12-19(27)13-26/h7-11H,12-15H2,1-6H3. The van der Waals surface area contributed by atoms with Crippen LogP contribution in [0.3, 0.4) is 0 Å². The number of aromatic nitrogens is 1. The van der Waals surface area contributed by atoms with E-state index < -0.39 is 8.32 Å².